The Bertz CT molecular complexity index is 338. The third kappa shape index (κ3) is 3.83. The van der Waals surface area contributed by atoms with Crippen LogP contribution in [0, 0.1) is 13.8 Å². The first-order valence-corrected chi connectivity index (χ1v) is 5.27. The zero-order valence-electron chi connectivity index (χ0n) is 10.0. The van der Waals surface area contributed by atoms with E-state index in [0.717, 1.165) is 30.3 Å². The molecule has 1 N–H and O–H groups in total. The van der Waals surface area contributed by atoms with Crippen molar-refractivity contribution in [2.24, 2.45) is 0 Å². The molecule has 0 atom stereocenters. The van der Waals surface area contributed by atoms with E-state index in [-0.39, 0.29) is 0 Å². The average Bonchev–Trinajstić information content (AvgIpc) is 2.42. The predicted molar refractivity (Wildman–Crippen MR) is 61.8 cm³/mol. The molecule has 0 saturated heterocycles. The van der Waals surface area contributed by atoms with Crippen LogP contribution in [0.1, 0.15) is 25.5 Å². The van der Waals surface area contributed by atoms with Gasteiger partial charge in [0.05, 0.1) is 6.54 Å². The van der Waals surface area contributed by atoms with Crippen molar-refractivity contribution in [2.75, 3.05) is 6.54 Å². The molecule has 0 fully saturated rings. The third-order valence-electron chi connectivity index (χ3n) is 2.10. The summed E-state index contributed by atoms with van der Waals surface area (Å²) in [4.78, 5) is 4.25. The Labute approximate surface area is 91.4 Å². The van der Waals surface area contributed by atoms with Crippen molar-refractivity contribution in [3.05, 3.63) is 23.8 Å². The maximum atomic E-state index is 4.29. The van der Waals surface area contributed by atoms with E-state index < -0.39 is 0 Å². The molecule has 0 bridgehead atoms. The average molecular weight is 208 g/mol. The molecule has 0 aliphatic carbocycles. The number of aryl methyl sites for hydroxylation is 2. The molecule has 15 heavy (non-hydrogen) atoms. The van der Waals surface area contributed by atoms with Gasteiger partial charge >= 0.3 is 0 Å². The zero-order valence-corrected chi connectivity index (χ0v) is 10.0. The van der Waals surface area contributed by atoms with E-state index in [2.05, 4.69) is 35.8 Å². The van der Waals surface area contributed by atoms with Crippen LogP contribution in [0.4, 0.5) is 0 Å². The van der Waals surface area contributed by atoms with Gasteiger partial charge in [0.1, 0.15) is 11.6 Å². The largest absolute Gasteiger partial charge is 0.311 e. The Morgan fingerprint density at radius 1 is 1.47 bits per heavy atom. The van der Waals surface area contributed by atoms with Gasteiger partial charge in [-0.25, -0.2) is 9.67 Å². The Balaban J connectivity index is 2.48. The lowest BCUT2D eigenvalue weighted by atomic mass is 10.3. The van der Waals surface area contributed by atoms with Gasteiger partial charge in [0.15, 0.2) is 0 Å². The molecule has 84 valence electrons. The van der Waals surface area contributed by atoms with Crippen molar-refractivity contribution in [1.29, 1.82) is 0 Å². The van der Waals surface area contributed by atoms with Gasteiger partial charge in [-0.3, -0.25) is 0 Å². The molecule has 1 rings (SSSR count). The maximum absolute atomic E-state index is 4.29. The topological polar surface area (TPSA) is 42.7 Å². The van der Waals surface area contributed by atoms with Crippen molar-refractivity contribution in [3.63, 3.8) is 0 Å². The molecule has 0 aliphatic heterocycles. The summed E-state index contributed by atoms with van der Waals surface area (Å²) in [6, 6.07) is 0.486. The fourth-order valence-electron chi connectivity index (χ4n) is 1.33. The minimum Gasteiger partial charge on any atom is -0.311 e. The minimum atomic E-state index is 0.486. The molecule has 1 aromatic rings. The fraction of sp³-hybridized carbons (Fsp3) is 0.636. The number of hydrogen-bond acceptors (Lipinski definition) is 3. The first-order chi connectivity index (χ1) is 6.99. The van der Waals surface area contributed by atoms with Gasteiger partial charge in [-0.05, 0) is 19.4 Å². The van der Waals surface area contributed by atoms with E-state index in [1.807, 2.05) is 18.5 Å². The van der Waals surface area contributed by atoms with Crippen LogP contribution in [0.2, 0.25) is 0 Å². The third-order valence-corrected chi connectivity index (χ3v) is 2.10. The number of rotatable bonds is 5. The van der Waals surface area contributed by atoms with Gasteiger partial charge in [-0.15, -0.1) is 0 Å². The van der Waals surface area contributed by atoms with Crippen LogP contribution in [0.3, 0.4) is 0 Å². The number of aromatic nitrogens is 3. The highest BCUT2D eigenvalue weighted by Gasteiger charge is 2.04. The smallest absolute Gasteiger partial charge is 0.147 e. The molecule has 0 unspecified atom stereocenters. The highest BCUT2D eigenvalue weighted by Crippen LogP contribution is 2.00. The summed E-state index contributed by atoms with van der Waals surface area (Å²) < 4.78 is 1.89. The first kappa shape index (κ1) is 11.9. The summed E-state index contributed by atoms with van der Waals surface area (Å²) >= 11 is 0. The molecular formula is C11H20N4. The van der Waals surface area contributed by atoms with Crippen molar-refractivity contribution < 1.29 is 0 Å². The number of nitrogens with one attached hydrogen (secondary N) is 1. The van der Waals surface area contributed by atoms with Gasteiger partial charge in [0.2, 0.25) is 0 Å². The molecule has 4 heteroatoms. The van der Waals surface area contributed by atoms with Crippen LogP contribution in [-0.4, -0.2) is 27.4 Å². The van der Waals surface area contributed by atoms with Crippen LogP contribution in [0.15, 0.2) is 12.2 Å². The Kier molecular flexibility index (Phi) is 4.03. The zero-order chi connectivity index (χ0) is 11.4. The van der Waals surface area contributed by atoms with E-state index in [4.69, 9.17) is 0 Å². The predicted octanol–water partition coefficient (Wildman–Crippen LogP) is 1.45. The summed E-state index contributed by atoms with van der Waals surface area (Å²) in [5.74, 6) is 1.76. The van der Waals surface area contributed by atoms with Crippen LogP contribution >= 0.6 is 0 Å². The van der Waals surface area contributed by atoms with E-state index in [9.17, 15) is 0 Å². The fourth-order valence-corrected chi connectivity index (χ4v) is 1.33. The summed E-state index contributed by atoms with van der Waals surface area (Å²) in [5.41, 5.74) is 1.12. The molecule has 0 aliphatic rings. The summed E-state index contributed by atoms with van der Waals surface area (Å²) in [6.45, 7) is 13.7. The number of nitrogens with zero attached hydrogens (tertiary/aromatic N) is 3. The molecule has 0 aromatic carbocycles. The van der Waals surface area contributed by atoms with Gasteiger partial charge in [-0.2, -0.15) is 5.10 Å². The van der Waals surface area contributed by atoms with Crippen molar-refractivity contribution in [3.8, 4) is 0 Å². The van der Waals surface area contributed by atoms with Crippen LogP contribution < -0.4 is 5.32 Å². The SMILES string of the molecule is C=C(CNC(C)C)Cn1nc(C)nc1C. The van der Waals surface area contributed by atoms with Crippen LogP contribution in [0.5, 0.6) is 0 Å². The molecular weight excluding hydrogens is 188 g/mol. The molecule has 1 heterocycles. The lowest BCUT2D eigenvalue weighted by Crippen LogP contribution is -2.26. The Morgan fingerprint density at radius 3 is 2.60 bits per heavy atom. The quantitative estimate of drug-likeness (QED) is 0.745. The molecule has 0 spiro atoms. The van der Waals surface area contributed by atoms with Crippen molar-refractivity contribution >= 4 is 0 Å². The highest BCUT2D eigenvalue weighted by atomic mass is 15.3. The second-order valence-electron chi connectivity index (χ2n) is 4.15. The van der Waals surface area contributed by atoms with Gasteiger partial charge < -0.3 is 5.32 Å². The van der Waals surface area contributed by atoms with E-state index >= 15 is 0 Å². The summed E-state index contributed by atoms with van der Waals surface area (Å²) in [6.07, 6.45) is 0. The molecule has 4 nitrogen and oxygen atoms in total. The molecule has 0 radical (unpaired) electrons. The molecule has 1 aromatic heterocycles. The molecule has 0 saturated carbocycles. The van der Waals surface area contributed by atoms with Crippen molar-refractivity contribution in [1.82, 2.24) is 20.1 Å². The van der Waals surface area contributed by atoms with E-state index in [1.165, 1.54) is 0 Å². The second-order valence-corrected chi connectivity index (χ2v) is 4.15. The first-order valence-electron chi connectivity index (χ1n) is 5.27. The Morgan fingerprint density at radius 2 is 2.13 bits per heavy atom. The highest BCUT2D eigenvalue weighted by molar-refractivity contribution is 5.00. The minimum absolute atomic E-state index is 0.486. The van der Waals surface area contributed by atoms with Crippen LogP contribution in [-0.2, 0) is 6.54 Å². The second kappa shape index (κ2) is 5.07. The van der Waals surface area contributed by atoms with Gasteiger partial charge in [-0.1, -0.05) is 20.4 Å². The summed E-state index contributed by atoms with van der Waals surface area (Å²) in [7, 11) is 0. The van der Waals surface area contributed by atoms with Gasteiger partial charge in [0.25, 0.3) is 0 Å². The maximum Gasteiger partial charge on any atom is 0.147 e. The van der Waals surface area contributed by atoms with Crippen LogP contribution in [0.25, 0.3) is 0 Å². The molecule has 0 amide bonds. The lowest BCUT2D eigenvalue weighted by molar-refractivity contribution is 0.580. The summed E-state index contributed by atoms with van der Waals surface area (Å²) in [5, 5.41) is 7.62. The number of hydrogen-bond donors (Lipinski definition) is 1. The normalized spacial score (nSPS) is 11.0. The Hall–Kier alpha value is -1.16. The lowest BCUT2D eigenvalue weighted by Gasteiger charge is -2.10. The standard InChI is InChI=1S/C11H20N4/c1-8(2)12-6-9(3)7-15-11(5)13-10(4)14-15/h8,12H,3,6-7H2,1-2,4-5H3. The van der Waals surface area contributed by atoms with Crippen molar-refractivity contribution in [2.45, 2.75) is 40.3 Å². The monoisotopic (exact) mass is 208 g/mol. The van der Waals surface area contributed by atoms with E-state index in [1.54, 1.807) is 0 Å². The van der Waals surface area contributed by atoms with Gasteiger partial charge in [0, 0.05) is 12.6 Å². The van der Waals surface area contributed by atoms with E-state index in [0.29, 0.717) is 6.04 Å².